The molecule has 5 heteroatoms. The number of carbonyl (C=O) groups is 1. The Bertz CT molecular complexity index is 226. The van der Waals surface area contributed by atoms with Crippen molar-refractivity contribution in [3.63, 3.8) is 0 Å². The quantitative estimate of drug-likeness (QED) is 0.623. The van der Waals surface area contributed by atoms with Crippen LogP contribution >= 0.6 is 0 Å². The van der Waals surface area contributed by atoms with E-state index in [2.05, 4.69) is 12.2 Å². The molecule has 114 valence electrons. The Balaban J connectivity index is 3.21. The number of ether oxygens (including phenoxy) is 3. The number of rotatable bonds is 10. The topological polar surface area (TPSA) is 56.8 Å². The van der Waals surface area contributed by atoms with Gasteiger partial charge < -0.3 is 19.5 Å². The van der Waals surface area contributed by atoms with E-state index in [9.17, 15) is 4.79 Å². The average molecular weight is 275 g/mol. The van der Waals surface area contributed by atoms with E-state index in [-0.39, 0.29) is 0 Å². The van der Waals surface area contributed by atoms with Crippen LogP contribution in [0.25, 0.3) is 0 Å². The van der Waals surface area contributed by atoms with Crippen LogP contribution in [0.3, 0.4) is 0 Å². The molecular formula is C14H29NO4. The molecular weight excluding hydrogens is 246 g/mol. The third-order valence-corrected chi connectivity index (χ3v) is 2.13. The van der Waals surface area contributed by atoms with E-state index in [1.54, 1.807) is 0 Å². The lowest BCUT2D eigenvalue weighted by Gasteiger charge is -2.19. The molecule has 1 amide bonds. The van der Waals surface area contributed by atoms with Crippen molar-refractivity contribution in [2.75, 3.05) is 33.0 Å². The lowest BCUT2D eigenvalue weighted by molar-refractivity contribution is 0.0484. The highest BCUT2D eigenvalue weighted by atomic mass is 16.6. The number of hydrogen-bond acceptors (Lipinski definition) is 4. The second-order valence-corrected chi connectivity index (χ2v) is 5.36. The van der Waals surface area contributed by atoms with E-state index in [0.29, 0.717) is 19.8 Å². The van der Waals surface area contributed by atoms with Gasteiger partial charge in [0.1, 0.15) is 5.60 Å². The van der Waals surface area contributed by atoms with Crippen LogP contribution in [0.4, 0.5) is 4.79 Å². The zero-order valence-corrected chi connectivity index (χ0v) is 12.8. The van der Waals surface area contributed by atoms with Crippen LogP contribution in [0, 0.1) is 0 Å². The lowest BCUT2D eigenvalue weighted by atomic mass is 10.2. The summed E-state index contributed by atoms with van der Waals surface area (Å²) >= 11 is 0. The zero-order chi connectivity index (χ0) is 14.6. The molecule has 0 radical (unpaired) electrons. The van der Waals surface area contributed by atoms with Crippen molar-refractivity contribution in [3.8, 4) is 0 Å². The molecule has 0 aliphatic heterocycles. The van der Waals surface area contributed by atoms with Gasteiger partial charge in [0.2, 0.25) is 0 Å². The minimum atomic E-state index is -0.458. The Morgan fingerprint density at radius 2 is 1.58 bits per heavy atom. The van der Waals surface area contributed by atoms with Crippen molar-refractivity contribution in [1.29, 1.82) is 0 Å². The Morgan fingerprint density at radius 1 is 1.00 bits per heavy atom. The van der Waals surface area contributed by atoms with Gasteiger partial charge in [-0.1, -0.05) is 13.3 Å². The molecule has 0 aromatic carbocycles. The number of unbranched alkanes of at least 4 members (excludes halogenated alkanes) is 1. The maximum Gasteiger partial charge on any atom is 0.407 e. The maximum absolute atomic E-state index is 11.3. The largest absolute Gasteiger partial charge is 0.444 e. The molecule has 0 saturated carbocycles. The molecule has 0 aliphatic carbocycles. The van der Waals surface area contributed by atoms with E-state index in [0.717, 1.165) is 32.5 Å². The fourth-order valence-electron chi connectivity index (χ4n) is 1.25. The Labute approximate surface area is 117 Å². The summed E-state index contributed by atoms with van der Waals surface area (Å²) < 4.78 is 15.9. The number of carbonyl (C=O) groups excluding carboxylic acids is 1. The molecule has 0 heterocycles. The molecule has 1 N–H and O–H groups in total. The average Bonchev–Trinajstić information content (AvgIpc) is 2.29. The van der Waals surface area contributed by atoms with Crippen LogP contribution in [0.1, 0.15) is 47.0 Å². The molecule has 0 rings (SSSR count). The fourth-order valence-corrected chi connectivity index (χ4v) is 1.25. The summed E-state index contributed by atoms with van der Waals surface area (Å²) in [5.41, 5.74) is -0.458. The van der Waals surface area contributed by atoms with Crippen LogP contribution in [0.5, 0.6) is 0 Å². The van der Waals surface area contributed by atoms with Crippen LogP contribution in [0.15, 0.2) is 0 Å². The Morgan fingerprint density at radius 3 is 2.16 bits per heavy atom. The normalized spacial score (nSPS) is 11.4. The fraction of sp³-hybridized carbons (Fsp3) is 0.929. The SMILES string of the molecule is CCCCOCCCOCCNC(=O)OC(C)(C)C. The molecule has 0 unspecified atom stereocenters. The molecule has 0 aromatic heterocycles. The van der Waals surface area contributed by atoms with Crippen molar-refractivity contribution >= 4 is 6.09 Å². The van der Waals surface area contributed by atoms with Crippen LogP contribution < -0.4 is 5.32 Å². The van der Waals surface area contributed by atoms with E-state index in [4.69, 9.17) is 14.2 Å². The van der Waals surface area contributed by atoms with E-state index < -0.39 is 11.7 Å². The summed E-state index contributed by atoms with van der Waals surface area (Å²) in [6, 6.07) is 0. The molecule has 0 saturated heterocycles. The summed E-state index contributed by atoms with van der Waals surface area (Å²) in [4.78, 5) is 11.3. The second kappa shape index (κ2) is 11.1. The van der Waals surface area contributed by atoms with Gasteiger partial charge in [-0.3, -0.25) is 0 Å². The summed E-state index contributed by atoms with van der Waals surface area (Å²) in [6.45, 7) is 10.8. The van der Waals surface area contributed by atoms with Crippen molar-refractivity contribution < 1.29 is 19.0 Å². The number of amides is 1. The van der Waals surface area contributed by atoms with E-state index in [1.807, 2.05) is 20.8 Å². The first-order valence-corrected chi connectivity index (χ1v) is 7.08. The third kappa shape index (κ3) is 15.1. The van der Waals surface area contributed by atoms with Gasteiger partial charge in [-0.05, 0) is 33.6 Å². The number of nitrogens with one attached hydrogen (secondary N) is 1. The summed E-state index contributed by atoms with van der Waals surface area (Å²) in [6.07, 6.45) is 2.75. The third-order valence-electron chi connectivity index (χ3n) is 2.13. The zero-order valence-electron chi connectivity index (χ0n) is 12.8. The van der Waals surface area contributed by atoms with Gasteiger partial charge in [0.05, 0.1) is 6.61 Å². The number of hydrogen-bond donors (Lipinski definition) is 1. The molecule has 0 aliphatic rings. The maximum atomic E-state index is 11.3. The van der Waals surface area contributed by atoms with Crippen molar-refractivity contribution in [2.24, 2.45) is 0 Å². The molecule has 0 fully saturated rings. The van der Waals surface area contributed by atoms with Crippen LogP contribution in [0.2, 0.25) is 0 Å². The van der Waals surface area contributed by atoms with Gasteiger partial charge >= 0.3 is 6.09 Å². The standard InChI is InChI=1S/C14H29NO4/c1-5-6-9-17-10-7-11-18-12-8-15-13(16)19-14(2,3)4/h5-12H2,1-4H3,(H,15,16). The van der Waals surface area contributed by atoms with Gasteiger partial charge in [-0.25, -0.2) is 4.79 Å². The predicted molar refractivity (Wildman–Crippen MR) is 75.4 cm³/mol. The lowest BCUT2D eigenvalue weighted by Crippen LogP contribution is -2.34. The van der Waals surface area contributed by atoms with Crippen LogP contribution in [-0.4, -0.2) is 44.7 Å². The first-order chi connectivity index (χ1) is 8.95. The molecule has 0 bridgehead atoms. The predicted octanol–water partition coefficient (Wildman–Crippen LogP) is 2.73. The minimum Gasteiger partial charge on any atom is -0.444 e. The second-order valence-electron chi connectivity index (χ2n) is 5.36. The molecule has 0 aromatic rings. The highest BCUT2D eigenvalue weighted by Crippen LogP contribution is 2.05. The monoisotopic (exact) mass is 275 g/mol. The first kappa shape index (κ1) is 18.2. The van der Waals surface area contributed by atoms with E-state index >= 15 is 0 Å². The van der Waals surface area contributed by atoms with Gasteiger partial charge in [-0.2, -0.15) is 0 Å². The summed E-state index contributed by atoms with van der Waals surface area (Å²) in [5.74, 6) is 0. The molecule has 0 spiro atoms. The van der Waals surface area contributed by atoms with Crippen LogP contribution in [-0.2, 0) is 14.2 Å². The molecule has 0 atom stereocenters. The smallest absolute Gasteiger partial charge is 0.407 e. The first-order valence-electron chi connectivity index (χ1n) is 7.08. The Hall–Kier alpha value is -0.810. The van der Waals surface area contributed by atoms with E-state index in [1.165, 1.54) is 0 Å². The van der Waals surface area contributed by atoms with Gasteiger partial charge in [-0.15, -0.1) is 0 Å². The molecule has 5 nitrogen and oxygen atoms in total. The highest BCUT2D eigenvalue weighted by molar-refractivity contribution is 5.67. The van der Waals surface area contributed by atoms with Gasteiger partial charge in [0.15, 0.2) is 0 Å². The Kier molecular flexibility index (Phi) is 10.6. The summed E-state index contributed by atoms with van der Waals surface area (Å²) in [7, 11) is 0. The number of alkyl carbamates (subject to hydrolysis) is 1. The van der Waals surface area contributed by atoms with Crippen molar-refractivity contribution in [2.45, 2.75) is 52.6 Å². The highest BCUT2D eigenvalue weighted by Gasteiger charge is 2.15. The minimum absolute atomic E-state index is 0.404. The van der Waals surface area contributed by atoms with Crippen molar-refractivity contribution in [3.05, 3.63) is 0 Å². The summed E-state index contributed by atoms with van der Waals surface area (Å²) in [5, 5.41) is 2.64. The van der Waals surface area contributed by atoms with Gasteiger partial charge in [0, 0.05) is 26.4 Å². The van der Waals surface area contributed by atoms with Crippen molar-refractivity contribution in [1.82, 2.24) is 5.32 Å². The molecule has 19 heavy (non-hydrogen) atoms. The van der Waals surface area contributed by atoms with Gasteiger partial charge in [0.25, 0.3) is 0 Å².